The number of aromatic amines is 2. The summed E-state index contributed by atoms with van der Waals surface area (Å²) in [6, 6.07) is 8.30. The molecule has 4 rings (SSSR count). The first kappa shape index (κ1) is 15.8. The maximum Gasteiger partial charge on any atom is 0.223 e. The Morgan fingerprint density at radius 1 is 1.36 bits per heavy atom. The number of morpholine rings is 1. The van der Waals surface area contributed by atoms with Crippen LogP contribution in [0.1, 0.15) is 17.8 Å². The van der Waals surface area contributed by atoms with Gasteiger partial charge in [0.05, 0.1) is 19.3 Å². The van der Waals surface area contributed by atoms with Gasteiger partial charge in [-0.15, -0.1) is 0 Å². The minimum atomic E-state index is 0.0650. The van der Waals surface area contributed by atoms with E-state index in [1.165, 1.54) is 17.3 Å². The molecule has 3 aromatic rings. The molecule has 0 aliphatic carbocycles. The Kier molecular flexibility index (Phi) is 4.47. The number of H-pyrrole nitrogens is 2. The van der Waals surface area contributed by atoms with Crippen molar-refractivity contribution >= 4 is 16.8 Å². The zero-order valence-corrected chi connectivity index (χ0v) is 13.9. The number of fused-ring (bicyclic) bond motifs is 1. The smallest absolute Gasteiger partial charge is 0.223 e. The molecule has 2 aromatic heterocycles. The summed E-state index contributed by atoms with van der Waals surface area (Å²) < 4.78 is 5.64. The van der Waals surface area contributed by atoms with E-state index < -0.39 is 0 Å². The van der Waals surface area contributed by atoms with E-state index in [2.05, 4.69) is 32.3 Å². The SMILES string of the molecule is O=C(CCc1ncn[nH]1)N1CCOCC1Cc1c[nH]c2ccccc12. The summed E-state index contributed by atoms with van der Waals surface area (Å²) in [7, 11) is 0. The molecule has 1 aliphatic heterocycles. The van der Waals surface area contributed by atoms with Gasteiger partial charge < -0.3 is 14.6 Å². The first-order valence-electron chi connectivity index (χ1n) is 8.57. The summed E-state index contributed by atoms with van der Waals surface area (Å²) in [5.74, 6) is 0.888. The topological polar surface area (TPSA) is 86.9 Å². The number of rotatable bonds is 5. The Morgan fingerprint density at radius 3 is 3.16 bits per heavy atom. The van der Waals surface area contributed by atoms with Gasteiger partial charge in [0.1, 0.15) is 12.2 Å². The highest BCUT2D eigenvalue weighted by molar-refractivity contribution is 5.83. The molecular formula is C18H21N5O2. The monoisotopic (exact) mass is 339 g/mol. The van der Waals surface area contributed by atoms with E-state index in [-0.39, 0.29) is 11.9 Å². The van der Waals surface area contributed by atoms with E-state index in [9.17, 15) is 4.79 Å². The van der Waals surface area contributed by atoms with Crippen molar-refractivity contribution in [2.75, 3.05) is 19.8 Å². The van der Waals surface area contributed by atoms with Crippen LogP contribution >= 0.6 is 0 Å². The third-order valence-electron chi connectivity index (χ3n) is 4.72. The lowest BCUT2D eigenvalue weighted by molar-refractivity contribution is -0.139. The maximum absolute atomic E-state index is 12.7. The van der Waals surface area contributed by atoms with Crippen LogP contribution < -0.4 is 0 Å². The molecule has 1 aliphatic rings. The minimum Gasteiger partial charge on any atom is -0.377 e. The fraction of sp³-hybridized carbons (Fsp3) is 0.389. The zero-order valence-electron chi connectivity index (χ0n) is 13.9. The number of hydrogen-bond donors (Lipinski definition) is 2. The van der Waals surface area contributed by atoms with Crippen LogP contribution in [0.2, 0.25) is 0 Å². The third kappa shape index (κ3) is 3.41. The second kappa shape index (κ2) is 7.06. The third-order valence-corrected chi connectivity index (χ3v) is 4.72. The lowest BCUT2D eigenvalue weighted by Gasteiger charge is -2.35. The van der Waals surface area contributed by atoms with Crippen molar-refractivity contribution in [3.63, 3.8) is 0 Å². The van der Waals surface area contributed by atoms with Crippen LogP contribution in [-0.2, 0) is 22.4 Å². The Hall–Kier alpha value is -2.67. The second-order valence-corrected chi connectivity index (χ2v) is 6.31. The van der Waals surface area contributed by atoms with Crippen molar-refractivity contribution in [1.29, 1.82) is 0 Å². The number of carbonyl (C=O) groups is 1. The molecule has 1 atom stereocenters. The van der Waals surface area contributed by atoms with Crippen LogP contribution in [0.5, 0.6) is 0 Å². The van der Waals surface area contributed by atoms with Crippen LogP contribution in [-0.4, -0.2) is 56.8 Å². The van der Waals surface area contributed by atoms with Crippen molar-refractivity contribution < 1.29 is 9.53 Å². The Bertz CT molecular complexity index is 842. The average molecular weight is 339 g/mol. The van der Waals surface area contributed by atoms with E-state index in [4.69, 9.17) is 4.74 Å². The van der Waals surface area contributed by atoms with Crippen molar-refractivity contribution in [1.82, 2.24) is 25.1 Å². The summed E-state index contributed by atoms with van der Waals surface area (Å²) in [4.78, 5) is 22.0. The van der Waals surface area contributed by atoms with E-state index in [0.717, 1.165) is 17.8 Å². The summed E-state index contributed by atoms with van der Waals surface area (Å²) >= 11 is 0. The number of hydrogen-bond acceptors (Lipinski definition) is 4. The molecule has 2 N–H and O–H groups in total. The summed E-state index contributed by atoms with van der Waals surface area (Å²) in [6.45, 7) is 1.81. The Labute approximate surface area is 145 Å². The van der Waals surface area contributed by atoms with Gasteiger partial charge in [-0.3, -0.25) is 9.89 Å². The zero-order chi connectivity index (χ0) is 17.1. The van der Waals surface area contributed by atoms with Gasteiger partial charge in [-0.1, -0.05) is 18.2 Å². The van der Waals surface area contributed by atoms with Crippen molar-refractivity contribution in [3.8, 4) is 0 Å². The molecule has 0 spiro atoms. The van der Waals surface area contributed by atoms with Crippen molar-refractivity contribution in [3.05, 3.63) is 48.2 Å². The number of aromatic nitrogens is 4. The number of amides is 1. The van der Waals surface area contributed by atoms with Gasteiger partial charge in [0.25, 0.3) is 0 Å². The predicted molar refractivity (Wildman–Crippen MR) is 93.0 cm³/mol. The minimum absolute atomic E-state index is 0.0650. The van der Waals surface area contributed by atoms with Gasteiger partial charge in [0, 0.05) is 36.5 Å². The number of para-hydroxylation sites is 1. The summed E-state index contributed by atoms with van der Waals surface area (Å²) in [5.41, 5.74) is 2.34. The maximum atomic E-state index is 12.7. The molecule has 3 heterocycles. The molecule has 1 saturated heterocycles. The number of carbonyl (C=O) groups excluding carboxylic acids is 1. The molecule has 1 amide bonds. The van der Waals surface area contributed by atoms with Crippen LogP contribution in [0, 0.1) is 0 Å². The van der Waals surface area contributed by atoms with Gasteiger partial charge in [-0.05, 0) is 18.1 Å². The first-order chi connectivity index (χ1) is 12.3. The number of nitrogens with one attached hydrogen (secondary N) is 2. The second-order valence-electron chi connectivity index (χ2n) is 6.31. The normalized spacial score (nSPS) is 17.9. The standard InChI is InChI=1S/C18H21N5O2/c24-18(6-5-17-20-12-21-22-17)23-7-8-25-11-14(23)9-13-10-19-16-4-2-1-3-15(13)16/h1-4,10,12,14,19H,5-9,11H2,(H,20,21,22). The number of aryl methyl sites for hydroxylation is 1. The molecule has 1 aromatic carbocycles. The van der Waals surface area contributed by atoms with Crippen LogP contribution in [0.4, 0.5) is 0 Å². The summed E-state index contributed by atoms with van der Waals surface area (Å²) in [5, 5.41) is 7.83. The molecule has 7 nitrogen and oxygen atoms in total. The van der Waals surface area contributed by atoms with E-state index in [1.54, 1.807) is 0 Å². The molecule has 0 radical (unpaired) electrons. The van der Waals surface area contributed by atoms with Gasteiger partial charge in [-0.2, -0.15) is 5.10 Å². The Balaban J connectivity index is 1.46. The van der Waals surface area contributed by atoms with E-state index >= 15 is 0 Å². The highest BCUT2D eigenvalue weighted by Crippen LogP contribution is 2.22. The van der Waals surface area contributed by atoms with Gasteiger partial charge >= 0.3 is 0 Å². The number of ether oxygens (including phenoxy) is 1. The molecule has 1 unspecified atom stereocenters. The van der Waals surface area contributed by atoms with Crippen molar-refractivity contribution in [2.45, 2.75) is 25.3 Å². The lowest BCUT2D eigenvalue weighted by Crippen LogP contribution is -2.49. The van der Waals surface area contributed by atoms with E-state index in [1.807, 2.05) is 23.2 Å². The average Bonchev–Trinajstić information content (AvgIpc) is 3.30. The number of benzene rings is 1. The van der Waals surface area contributed by atoms with Crippen LogP contribution in [0.25, 0.3) is 10.9 Å². The van der Waals surface area contributed by atoms with Gasteiger partial charge in [-0.25, -0.2) is 4.98 Å². The van der Waals surface area contributed by atoms with Gasteiger partial charge in [0.15, 0.2) is 0 Å². The van der Waals surface area contributed by atoms with Crippen LogP contribution in [0.15, 0.2) is 36.8 Å². The molecular weight excluding hydrogens is 318 g/mol. The molecule has 1 fully saturated rings. The molecule has 7 heteroatoms. The van der Waals surface area contributed by atoms with Crippen LogP contribution in [0.3, 0.4) is 0 Å². The lowest BCUT2D eigenvalue weighted by atomic mass is 10.0. The largest absolute Gasteiger partial charge is 0.377 e. The van der Waals surface area contributed by atoms with E-state index in [0.29, 0.717) is 32.6 Å². The molecule has 25 heavy (non-hydrogen) atoms. The Morgan fingerprint density at radius 2 is 2.28 bits per heavy atom. The predicted octanol–water partition coefficient (Wildman–Crippen LogP) is 1.69. The van der Waals surface area contributed by atoms with Crippen molar-refractivity contribution in [2.24, 2.45) is 0 Å². The quantitative estimate of drug-likeness (QED) is 0.740. The highest BCUT2D eigenvalue weighted by atomic mass is 16.5. The number of nitrogens with zero attached hydrogens (tertiary/aromatic N) is 3. The fourth-order valence-corrected chi connectivity index (χ4v) is 3.43. The molecule has 0 bridgehead atoms. The molecule has 0 saturated carbocycles. The first-order valence-corrected chi connectivity index (χ1v) is 8.57. The van der Waals surface area contributed by atoms with Gasteiger partial charge in [0.2, 0.25) is 5.91 Å². The molecule has 130 valence electrons. The fourth-order valence-electron chi connectivity index (χ4n) is 3.43. The summed E-state index contributed by atoms with van der Waals surface area (Å²) in [6.07, 6.45) is 5.30. The highest BCUT2D eigenvalue weighted by Gasteiger charge is 2.28.